The number of urea groups is 1. The van der Waals surface area contributed by atoms with E-state index < -0.39 is 22.8 Å². The number of halogens is 1. The lowest BCUT2D eigenvalue weighted by Crippen LogP contribution is -2.57. The molecule has 0 atom stereocenters. The highest BCUT2D eigenvalue weighted by molar-refractivity contribution is 9.10. The van der Waals surface area contributed by atoms with Gasteiger partial charge in [-0.05, 0) is 54.3 Å². The van der Waals surface area contributed by atoms with E-state index in [2.05, 4.69) is 21.2 Å². The molecule has 2 aromatic rings. The molecular formula is C24H22BrN3O7. The summed E-state index contributed by atoms with van der Waals surface area (Å²) >= 11 is 3.44. The Labute approximate surface area is 209 Å². The number of amides is 4. The minimum absolute atomic E-state index is 0.0130. The maximum absolute atomic E-state index is 13.1. The summed E-state index contributed by atoms with van der Waals surface area (Å²) in [5.74, 6) is -0.620. The Bertz CT molecular complexity index is 1220. The number of benzene rings is 2. The standard InChI is InChI=1S/C24H22BrN3O7/c1-34-20-11-15(10-18-22(29)26-24(31)27(23(18)30)16-4-2-3-5-16)19(25)12-21(20)35-13-14-6-8-17(9-7-14)28(32)33/h6-12,16H,2-5,13H2,1H3,(H,26,29,31)/b18-10+. The van der Waals surface area contributed by atoms with Crippen LogP contribution in [0.25, 0.3) is 6.08 Å². The molecule has 1 aliphatic carbocycles. The molecule has 35 heavy (non-hydrogen) atoms. The second-order valence-corrected chi connectivity index (χ2v) is 9.02. The SMILES string of the molecule is COc1cc(/C=C2\C(=O)NC(=O)N(C3CCCC3)C2=O)c(Br)cc1OCc1ccc([N+](=O)[O-])cc1. The molecule has 0 radical (unpaired) electrons. The van der Waals surface area contributed by atoms with Crippen molar-refractivity contribution in [2.45, 2.75) is 38.3 Å². The van der Waals surface area contributed by atoms with Crippen LogP contribution in [0.1, 0.15) is 36.8 Å². The van der Waals surface area contributed by atoms with Crippen LogP contribution in [0.3, 0.4) is 0 Å². The normalized spacial score (nSPS) is 17.6. The van der Waals surface area contributed by atoms with Gasteiger partial charge >= 0.3 is 6.03 Å². The number of ether oxygens (including phenoxy) is 2. The van der Waals surface area contributed by atoms with Crippen LogP contribution in [0.4, 0.5) is 10.5 Å². The van der Waals surface area contributed by atoms with Gasteiger partial charge in [0.25, 0.3) is 17.5 Å². The number of hydrogen-bond donors (Lipinski definition) is 1. The van der Waals surface area contributed by atoms with Gasteiger partial charge < -0.3 is 9.47 Å². The smallest absolute Gasteiger partial charge is 0.331 e. The van der Waals surface area contributed by atoms with E-state index in [1.54, 1.807) is 24.3 Å². The number of hydrogen-bond acceptors (Lipinski definition) is 7. The zero-order valence-electron chi connectivity index (χ0n) is 18.8. The van der Waals surface area contributed by atoms with Crippen molar-refractivity contribution < 1.29 is 28.8 Å². The summed E-state index contributed by atoms with van der Waals surface area (Å²) in [6, 6.07) is 8.34. The predicted octanol–water partition coefficient (Wildman–Crippen LogP) is 4.35. The van der Waals surface area contributed by atoms with Crippen LogP contribution >= 0.6 is 15.9 Å². The van der Waals surface area contributed by atoms with Crippen molar-refractivity contribution in [2.75, 3.05) is 7.11 Å². The average Bonchev–Trinajstić information content (AvgIpc) is 3.35. The average molecular weight is 544 g/mol. The number of methoxy groups -OCH3 is 1. The molecule has 0 bridgehead atoms. The number of nitro groups is 1. The van der Waals surface area contributed by atoms with Gasteiger partial charge in [0.1, 0.15) is 12.2 Å². The third kappa shape index (κ3) is 5.19. The molecule has 1 N–H and O–H groups in total. The van der Waals surface area contributed by atoms with Crippen LogP contribution in [0, 0.1) is 10.1 Å². The maximum Gasteiger partial charge on any atom is 0.331 e. The van der Waals surface area contributed by atoms with Crippen molar-refractivity contribution in [3.8, 4) is 11.5 Å². The number of nitrogens with zero attached hydrogens (tertiary/aromatic N) is 2. The molecule has 1 saturated heterocycles. The Balaban J connectivity index is 1.57. The van der Waals surface area contributed by atoms with Crippen molar-refractivity contribution in [1.29, 1.82) is 0 Å². The number of nitrogens with one attached hydrogen (secondary N) is 1. The van der Waals surface area contributed by atoms with E-state index in [4.69, 9.17) is 9.47 Å². The fraction of sp³-hybridized carbons (Fsp3) is 0.292. The van der Waals surface area contributed by atoms with Crippen LogP contribution in [0.2, 0.25) is 0 Å². The second kappa shape index (κ2) is 10.3. The Morgan fingerprint density at radius 3 is 2.46 bits per heavy atom. The van der Waals surface area contributed by atoms with Crippen LogP contribution in [-0.4, -0.2) is 40.8 Å². The van der Waals surface area contributed by atoms with E-state index in [1.165, 1.54) is 25.3 Å². The summed E-state index contributed by atoms with van der Waals surface area (Å²) < 4.78 is 11.8. The lowest BCUT2D eigenvalue weighted by Gasteiger charge is -2.31. The molecule has 2 aliphatic rings. The Morgan fingerprint density at radius 1 is 1.14 bits per heavy atom. The third-order valence-corrected chi connectivity index (χ3v) is 6.63. The van der Waals surface area contributed by atoms with Gasteiger partial charge in [-0.25, -0.2) is 4.79 Å². The van der Waals surface area contributed by atoms with Crippen LogP contribution in [0.5, 0.6) is 11.5 Å². The molecule has 4 rings (SSSR count). The Morgan fingerprint density at radius 2 is 1.83 bits per heavy atom. The van der Waals surface area contributed by atoms with E-state index in [0.717, 1.165) is 36.1 Å². The highest BCUT2D eigenvalue weighted by atomic mass is 79.9. The van der Waals surface area contributed by atoms with E-state index in [9.17, 15) is 24.5 Å². The van der Waals surface area contributed by atoms with Gasteiger partial charge in [0.05, 0.1) is 12.0 Å². The van der Waals surface area contributed by atoms with E-state index in [0.29, 0.717) is 21.5 Å². The van der Waals surface area contributed by atoms with Crippen molar-refractivity contribution in [2.24, 2.45) is 0 Å². The Kier molecular flexibility index (Phi) is 7.15. The molecule has 1 heterocycles. The number of non-ortho nitro benzene ring substituents is 1. The number of nitro benzene ring substituents is 1. The number of rotatable bonds is 7. The third-order valence-electron chi connectivity index (χ3n) is 5.95. The van der Waals surface area contributed by atoms with Gasteiger partial charge in [0, 0.05) is 22.6 Å². The predicted molar refractivity (Wildman–Crippen MR) is 129 cm³/mol. The minimum Gasteiger partial charge on any atom is -0.493 e. The minimum atomic E-state index is -0.751. The first kappa shape index (κ1) is 24.4. The van der Waals surface area contributed by atoms with Gasteiger partial charge in [0.15, 0.2) is 11.5 Å². The number of carbonyl (C=O) groups excluding carboxylic acids is 3. The zero-order valence-corrected chi connectivity index (χ0v) is 20.4. The molecule has 182 valence electrons. The molecule has 2 fully saturated rings. The van der Waals surface area contributed by atoms with E-state index >= 15 is 0 Å². The van der Waals surface area contributed by atoms with Gasteiger partial charge in [-0.3, -0.25) is 29.9 Å². The van der Waals surface area contributed by atoms with Gasteiger partial charge in [-0.1, -0.05) is 28.8 Å². The first-order valence-electron chi connectivity index (χ1n) is 10.9. The summed E-state index contributed by atoms with van der Waals surface area (Å²) in [4.78, 5) is 49.3. The largest absolute Gasteiger partial charge is 0.493 e. The van der Waals surface area contributed by atoms with Crippen LogP contribution < -0.4 is 14.8 Å². The molecule has 1 saturated carbocycles. The zero-order chi connectivity index (χ0) is 25.1. The summed E-state index contributed by atoms with van der Waals surface area (Å²) in [6.07, 6.45) is 4.72. The first-order valence-corrected chi connectivity index (χ1v) is 11.7. The van der Waals surface area contributed by atoms with Crippen LogP contribution in [0.15, 0.2) is 46.4 Å². The van der Waals surface area contributed by atoms with Crippen LogP contribution in [-0.2, 0) is 16.2 Å². The molecular weight excluding hydrogens is 522 g/mol. The summed E-state index contributed by atoms with van der Waals surface area (Å²) in [7, 11) is 1.46. The van der Waals surface area contributed by atoms with Crippen molar-refractivity contribution in [3.63, 3.8) is 0 Å². The highest BCUT2D eigenvalue weighted by Crippen LogP contribution is 2.36. The number of barbiturate groups is 1. The van der Waals surface area contributed by atoms with Crippen molar-refractivity contribution in [3.05, 3.63) is 67.7 Å². The summed E-state index contributed by atoms with van der Waals surface area (Å²) in [5.41, 5.74) is 1.06. The lowest BCUT2D eigenvalue weighted by atomic mass is 10.0. The van der Waals surface area contributed by atoms with Gasteiger partial charge in [-0.2, -0.15) is 0 Å². The lowest BCUT2D eigenvalue weighted by molar-refractivity contribution is -0.384. The summed E-state index contributed by atoms with van der Waals surface area (Å²) in [6.45, 7) is 0.139. The van der Waals surface area contributed by atoms with Gasteiger partial charge in [0.2, 0.25) is 0 Å². The fourth-order valence-corrected chi connectivity index (χ4v) is 4.57. The van der Waals surface area contributed by atoms with E-state index in [1.807, 2.05) is 0 Å². The molecule has 0 unspecified atom stereocenters. The number of imide groups is 2. The monoisotopic (exact) mass is 543 g/mol. The highest BCUT2D eigenvalue weighted by Gasteiger charge is 2.40. The molecule has 10 nitrogen and oxygen atoms in total. The van der Waals surface area contributed by atoms with Crippen molar-refractivity contribution in [1.82, 2.24) is 10.2 Å². The molecule has 0 aromatic heterocycles. The maximum atomic E-state index is 13.1. The molecule has 0 spiro atoms. The fourth-order valence-electron chi connectivity index (χ4n) is 4.13. The molecule has 11 heteroatoms. The van der Waals surface area contributed by atoms with E-state index in [-0.39, 0.29) is 23.9 Å². The first-order chi connectivity index (χ1) is 16.8. The Hall–Kier alpha value is -3.73. The number of carbonyl (C=O) groups is 3. The topological polar surface area (TPSA) is 128 Å². The second-order valence-electron chi connectivity index (χ2n) is 8.17. The molecule has 1 aliphatic heterocycles. The molecule has 2 aromatic carbocycles. The van der Waals surface area contributed by atoms with Crippen molar-refractivity contribution >= 4 is 45.5 Å². The summed E-state index contributed by atoms with van der Waals surface area (Å²) in [5, 5.41) is 13.1. The van der Waals surface area contributed by atoms with Gasteiger partial charge in [-0.15, -0.1) is 0 Å². The molecule has 4 amide bonds. The quantitative estimate of drug-likeness (QED) is 0.238.